The van der Waals surface area contributed by atoms with E-state index >= 15 is 0 Å². The molecule has 0 bridgehead atoms. The fourth-order valence-electron chi connectivity index (χ4n) is 6.87. The van der Waals surface area contributed by atoms with E-state index in [9.17, 15) is 24.3 Å². The molecule has 1 aliphatic carbocycles. The fourth-order valence-corrected chi connectivity index (χ4v) is 6.87. The number of amides is 4. The number of aromatic nitrogens is 2. The van der Waals surface area contributed by atoms with E-state index in [0.29, 0.717) is 50.5 Å². The number of aromatic hydroxyl groups is 1. The highest BCUT2D eigenvalue weighted by molar-refractivity contribution is 5.97. The second-order valence-corrected chi connectivity index (χ2v) is 13.0. The average molecular weight is 658 g/mol. The Balaban J connectivity index is 1.23. The summed E-state index contributed by atoms with van der Waals surface area (Å²) in [5.74, 6) is -1.26. The third-order valence-electron chi connectivity index (χ3n) is 9.49. The molecular formula is C36H47N7O5. The molecule has 5 N–H and O–H groups in total. The lowest BCUT2D eigenvalue weighted by Crippen LogP contribution is -2.55. The number of hydrogen-bond acceptors (Lipinski definition) is 7. The Kier molecular flexibility index (Phi) is 11.5. The van der Waals surface area contributed by atoms with Crippen LogP contribution in [0.5, 0.6) is 5.75 Å². The summed E-state index contributed by atoms with van der Waals surface area (Å²) in [4.78, 5) is 55.8. The number of rotatable bonds is 12. The number of carbonyl (C=O) groups excluding carboxylic acids is 4. The standard InChI is InChI=1S/C36H47N7O5/c1-3-32(45)39-30(36(48)43-18-16-42(17-19-43)23-25-8-7-11-28(44)20-25)21-24-12-14-27(15-13-24)38-35(47)33(26-9-5-4-6-10-26)29-22-31(34(37)46)41(2)40-29/h7-8,11-15,20,22,26,30,33,44H,3-6,9-10,16-19,21,23H2,1-2H3,(H2,37,46)(H,38,47)(H,39,45)/t30-,33+/m1/s1. The Labute approximate surface area is 281 Å². The van der Waals surface area contributed by atoms with Gasteiger partial charge in [-0.05, 0) is 60.2 Å². The van der Waals surface area contributed by atoms with Crippen molar-refractivity contribution in [2.45, 2.75) is 70.4 Å². The molecule has 12 heteroatoms. The molecule has 0 radical (unpaired) electrons. The molecule has 5 rings (SSSR count). The number of anilines is 1. The number of carbonyl (C=O) groups is 4. The summed E-state index contributed by atoms with van der Waals surface area (Å²) in [6.07, 6.45) is 5.63. The summed E-state index contributed by atoms with van der Waals surface area (Å²) in [7, 11) is 1.65. The molecule has 12 nitrogen and oxygen atoms in total. The highest BCUT2D eigenvalue weighted by Gasteiger charge is 2.34. The van der Waals surface area contributed by atoms with Gasteiger partial charge in [-0.3, -0.25) is 28.8 Å². The minimum Gasteiger partial charge on any atom is -0.508 e. The second-order valence-electron chi connectivity index (χ2n) is 13.0. The molecule has 2 atom stereocenters. The zero-order chi connectivity index (χ0) is 34.2. The van der Waals surface area contributed by atoms with E-state index in [4.69, 9.17) is 5.73 Å². The Morgan fingerprint density at radius 2 is 1.67 bits per heavy atom. The van der Waals surface area contributed by atoms with Crippen LogP contribution in [0.15, 0.2) is 54.6 Å². The maximum absolute atomic E-state index is 13.7. The molecule has 1 aromatic heterocycles. The number of benzene rings is 2. The van der Waals surface area contributed by atoms with Gasteiger partial charge in [-0.25, -0.2) is 0 Å². The summed E-state index contributed by atoms with van der Waals surface area (Å²) >= 11 is 0. The van der Waals surface area contributed by atoms with E-state index in [-0.39, 0.29) is 41.5 Å². The van der Waals surface area contributed by atoms with Crippen molar-refractivity contribution in [3.63, 3.8) is 0 Å². The summed E-state index contributed by atoms with van der Waals surface area (Å²) in [5, 5.41) is 20.3. The van der Waals surface area contributed by atoms with E-state index in [1.165, 1.54) is 4.68 Å². The third-order valence-corrected chi connectivity index (χ3v) is 9.49. The van der Waals surface area contributed by atoms with Gasteiger partial charge in [0, 0.05) is 58.3 Å². The molecule has 2 heterocycles. The number of phenols is 1. The van der Waals surface area contributed by atoms with Crippen molar-refractivity contribution in [1.29, 1.82) is 0 Å². The first-order valence-electron chi connectivity index (χ1n) is 16.9. The van der Waals surface area contributed by atoms with E-state index in [1.54, 1.807) is 37.1 Å². The van der Waals surface area contributed by atoms with Crippen molar-refractivity contribution < 1.29 is 24.3 Å². The second kappa shape index (κ2) is 15.9. The molecule has 48 heavy (non-hydrogen) atoms. The quantitative estimate of drug-likeness (QED) is 0.232. The fraction of sp³-hybridized carbons (Fsp3) is 0.472. The zero-order valence-corrected chi connectivity index (χ0v) is 27.9. The average Bonchev–Trinajstić information content (AvgIpc) is 3.46. The van der Waals surface area contributed by atoms with E-state index in [2.05, 4.69) is 20.6 Å². The van der Waals surface area contributed by atoms with Crippen molar-refractivity contribution >= 4 is 29.3 Å². The van der Waals surface area contributed by atoms with Crippen LogP contribution in [0.25, 0.3) is 0 Å². The van der Waals surface area contributed by atoms with Crippen molar-refractivity contribution in [1.82, 2.24) is 24.9 Å². The molecule has 2 fully saturated rings. The zero-order valence-electron chi connectivity index (χ0n) is 27.9. The Morgan fingerprint density at radius 1 is 0.958 bits per heavy atom. The number of nitrogens with two attached hydrogens (primary N) is 1. The smallest absolute Gasteiger partial charge is 0.266 e. The van der Waals surface area contributed by atoms with Gasteiger partial charge < -0.3 is 26.4 Å². The Morgan fingerprint density at radius 3 is 2.29 bits per heavy atom. The first-order valence-corrected chi connectivity index (χ1v) is 16.9. The van der Waals surface area contributed by atoms with Gasteiger partial charge in [0.05, 0.1) is 11.6 Å². The normalized spacial score (nSPS) is 17.0. The number of phenolic OH excluding ortho intramolecular Hbond substituents is 1. The molecule has 256 valence electrons. The van der Waals surface area contributed by atoms with Crippen molar-refractivity contribution in [2.75, 3.05) is 31.5 Å². The predicted octanol–water partition coefficient (Wildman–Crippen LogP) is 3.31. The predicted molar refractivity (Wildman–Crippen MR) is 182 cm³/mol. The van der Waals surface area contributed by atoms with Crippen LogP contribution in [0.4, 0.5) is 5.69 Å². The number of aryl methyl sites for hydroxylation is 1. The van der Waals surface area contributed by atoms with Crippen LogP contribution in [0.3, 0.4) is 0 Å². The monoisotopic (exact) mass is 657 g/mol. The molecule has 2 aliphatic rings. The highest BCUT2D eigenvalue weighted by Crippen LogP contribution is 2.37. The van der Waals surface area contributed by atoms with Gasteiger partial charge in [0.1, 0.15) is 17.5 Å². The van der Waals surface area contributed by atoms with Gasteiger partial charge in [0.15, 0.2) is 0 Å². The van der Waals surface area contributed by atoms with E-state index < -0.39 is 17.9 Å². The molecule has 0 spiro atoms. The van der Waals surface area contributed by atoms with Crippen LogP contribution in [0.2, 0.25) is 0 Å². The van der Waals surface area contributed by atoms with Gasteiger partial charge in [-0.15, -0.1) is 0 Å². The van der Waals surface area contributed by atoms with Crippen LogP contribution in [-0.4, -0.2) is 80.5 Å². The lowest BCUT2D eigenvalue weighted by Gasteiger charge is -2.36. The van der Waals surface area contributed by atoms with Crippen LogP contribution in [-0.2, 0) is 34.4 Å². The summed E-state index contributed by atoms with van der Waals surface area (Å²) in [6, 6.07) is 15.5. The maximum atomic E-state index is 13.7. The summed E-state index contributed by atoms with van der Waals surface area (Å²) in [5.41, 5.74) is 8.81. The number of primary amides is 1. The molecule has 1 saturated heterocycles. The van der Waals surface area contributed by atoms with Gasteiger partial charge in [0.2, 0.25) is 17.7 Å². The number of nitrogens with one attached hydrogen (secondary N) is 2. The first-order chi connectivity index (χ1) is 23.1. The Hall–Kier alpha value is -4.71. The highest BCUT2D eigenvalue weighted by atomic mass is 16.3. The molecule has 1 aliphatic heterocycles. The van der Waals surface area contributed by atoms with Crippen molar-refractivity contribution in [3.8, 4) is 5.75 Å². The number of piperazine rings is 1. The van der Waals surface area contributed by atoms with Crippen LogP contribution >= 0.6 is 0 Å². The number of nitrogens with zero attached hydrogens (tertiary/aromatic N) is 4. The molecule has 0 unspecified atom stereocenters. The van der Waals surface area contributed by atoms with Gasteiger partial charge >= 0.3 is 0 Å². The SMILES string of the molecule is CCC(=O)N[C@H](Cc1ccc(NC(=O)[C@H](c2cc(C(N)=O)n(C)n2)C2CCCCC2)cc1)C(=O)N1CCN(Cc2cccc(O)c2)CC1. The Bertz CT molecular complexity index is 1590. The third kappa shape index (κ3) is 8.80. The molecule has 3 aromatic rings. The molecule has 2 aromatic carbocycles. The molecular weight excluding hydrogens is 610 g/mol. The van der Waals surface area contributed by atoms with Crippen LogP contribution in [0, 0.1) is 5.92 Å². The minimum absolute atomic E-state index is 0.108. The number of hydrogen-bond donors (Lipinski definition) is 4. The lowest BCUT2D eigenvalue weighted by atomic mass is 9.78. The van der Waals surface area contributed by atoms with Crippen molar-refractivity contribution in [3.05, 3.63) is 77.1 Å². The van der Waals surface area contributed by atoms with Gasteiger partial charge in [-0.1, -0.05) is 50.5 Å². The molecule has 4 amide bonds. The van der Waals surface area contributed by atoms with E-state index in [0.717, 1.165) is 43.2 Å². The van der Waals surface area contributed by atoms with Crippen molar-refractivity contribution in [2.24, 2.45) is 18.7 Å². The van der Waals surface area contributed by atoms with Gasteiger partial charge in [0.25, 0.3) is 5.91 Å². The van der Waals surface area contributed by atoms with Crippen LogP contribution < -0.4 is 16.4 Å². The summed E-state index contributed by atoms with van der Waals surface area (Å²) < 4.78 is 1.43. The largest absolute Gasteiger partial charge is 0.508 e. The summed E-state index contributed by atoms with van der Waals surface area (Å²) in [6.45, 7) is 4.91. The minimum atomic E-state index is -0.713. The van der Waals surface area contributed by atoms with E-state index in [1.807, 2.05) is 36.4 Å². The topological polar surface area (TPSA) is 163 Å². The van der Waals surface area contributed by atoms with Gasteiger partial charge in [-0.2, -0.15) is 5.10 Å². The molecule has 1 saturated carbocycles. The maximum Gasteiger partial charge on any atom is 0.266 e. The first kappa shape index (κ1) is 34.6. The lowest BCUT2D eigenvalue weighted by molar-refractivity contribution is -0.138. The van der Waals surface area contributed by atoms with Crippen LogP contribution in [0.1, 0.15) is 78.7 Å².